The molecule has 41 heavy (non-hydrogen) atoms. The van der Waals surface area contributed by atoms with E-state index in [1.165, 1.54) is 6.08 Å². The zero-order valence-electron chi connectivity index (χ0n) is 23.0. The zero-order valence-corrected chi connectivity index (χ0v) is 23.0. The maximum atomic E-state index is 12.3. The van der Waals surface area contributed by atoms with Gasteiger partial charge in [0.15, 0.2) is 5.82 Å². The molecule has 5 heterocycles. The highest BCUT2D eigenvalue weighted by Gasteiger charge is 2.40. The van der Waals surface area contributed by atoms with Crippen LogP contribution < -0.4 is 15.0 Å². The quantitative estimate of drug-likeness (QED) is 0.277. The Balaban J connectivity index is 1.15. The molecule has 2 N–H and O–H groups in total. The molecule has 2 aliphatic heterocycles. The molecule has 7 rings (SSSR count). The Kier molecular flexibility index (Phi) is 6.03. The minimum atomic E-state index is 0.00604. The number of H-pyrrole nitrogens is 1. The molecular weight excluding hydrogens is 516 g/mol. The number of amides is 1. The van der Waals surface area contributed by atoms with Crippen LogP contribution in [0.2, 0.25) is 0 Å². The molecule has 2 aromatic carbocycles. The molecule has 2 atom stereocenters. The third-order valence-corrected chi connectivity index (χ3v) is 8.06. The van der Waals surface area contributed by atoms with E-state index in [-0.39, 0.29) is 11.9 Å². The first-order chi connectivity index (χ1) is 19.9. The number of aromatic amines is 1. The van der Waals surface area contributed by atoms with E-state index in [2.05, 4.69) is 42.8 Å². The lowest BCUT2D eigenvalue weighted by atomic mass is 10.00. The molecule has 10 heteroatoms. The lowest BCUT2D eigenvalue weighted by Gasteiger charge is -2.33. The molecule has 10 nitrogen and oxygen atoms in total. The van der Waals surface area contributed by atoms with Crippen molar-refractivity contribution in [2.75, 3.05) is 29.9 Å². The summed E-state index contributed by atoms with van der Waals surface area (Å²) in [5, 5.41) is 3.49. The number of carbonyl (C=O) groups is 1. The van der Waals surface area contributed by atoms with Crippen molar-refractivity contribution in [1.29, 1.82) is 0 Å². The van der Waals surface area contributed by atoms with Crippen molar-refractivity contribution in [3.8, 4) is 11.5 Å². The number of likely N-dealkylation sites (tertiary alicyclic amines) is 1. The van der Waals surface area contributed by atoms with E-state index >= 15 is 0 Å². The first kappa shape index (κ1) is 25.0. The molecule has 2 aliphatic rings. The van der Waals surface area contributed by atoms with Crippen molar-refractivity contribution in [3.63, 3.8) is 0 Å². The van der Waals surface area contributed by atoms with Crippen LogP contribution in [0.1, 0.15) is 17.5 Å². The first-order valence-electron chi connectivity index (χ1n) is 13.7. The second-order valence-electron chi connectivity index (χ2n) is 10.9. The number of imidazole rings is 1. The lowest BCUT2D eigenvalue weighted by Crippen LogP contribution is -2.44. The predicted octanol–water partition coefficient (Wildman–Crippen LogP) is 5.28. The number of fused-ring (bicyclic) bond motifs is 4. The average molecular weight is 547 g/mol. The molecule has 2 saturated heterocycles. The molecule has 0 radical (unpaired) electrons. The number of rotatable bonds is 6. The fourth-order valence-corrected chi connectivity index (χ4v) is 6.00. The van der Waals surface area contributed by atoms with E-state index in [1.54, 1.807) is 12.7 Å². The van der Waals surface area contributed by atoms with Crippen molar-refractivity contribution < 1.29 is 9.53 Å². The van der Waals surface area contributed by atoms with Gasteiger partial charge in [0, 0.05) is 37.4 Å². The highest BCUT2D eigenvalue weighted by Crippen LogP contribution is 2.35. The number of nitrogens with zero attached hydrogens (tertiary/aromatic N) is 6. The lowest BCUT2D eigenvalue weighted by molar-refractivity contribution is -0.126. The summed E-state index contributed by atoms with van der Waals surface area (Å²) in [6.07, 6.45) is 5.66. The van der Waals surface area contributed by atoms with Gasteiger partial charge < -0.3 is 24.8 Å². The third-order valence-electron chi connectivity index (χ3n) is 8.06. The van der Waals surface area contributed by atoms with E-state index in [1.807, 2.05) is 55.1 Å². The van der Waals surface area contributed by atoms with Crippen molar-refractivity contribution in [3.05, 3.63) is 78.9 Å². The van der Waals surface area contributed by atoms with Crippen LogP contribution in [0.5, 0.6) is 11.5 Å². The summed E-state index contributed by atoms with van der Waals surface area (Å²) in [5.41, 5.74) is 6.20. The Morgan fingerprint density at radius 2 is 1.95 bits per heavy atom. The Labute approximate surface area is 237 Å². The smallest absolute Gasteiger partial charge is 0.246 e. The molecule has 206 valence electrons. The van der Waals surface area contributed by atoms with Crippen LogP contribution >= 0.6 is 0 Å². The number of anilines is 3. The summed E-state index contributed by atoms with van der Waals surface area (Å²) < 4.78 is 6.22. The number of ether oxygens (including phenoxy) is 1. The summed E-state index contributed by atoms with van der Waals surface area (Å²) >= 11 is 0. The summed E-state index contributed by atoms with van der Waals surface area (Å²) in [6, 6.07) is 14.1. The molecule has 5 aromatic rings. The van der Waals surface area contributed by atoms with E-state index < -0.39 is 0 Å². The number of piperidine rings is 1. The molecule has 1 amide bonds. The van der Waals surface area contributed by atoms with Gasteiger partial charge in [-0.15, -0.1) is 0 Å². The largest absolute Gasteiger partial charge is 0.457 e. The van der Waals surface area contributed by atoms with Gasteiger partial charge in [0.25, 0.3) is 0 Å². The maximum Gasteiger partial charge on any atom is 0.246 e. The molecule has 3 aromatic heterocycles. The molecule has 2 bridgehead atoms. The fraction of sp³-hybridized carbons (Fsp3) is 0.258. The highest BCUT2D eigenvalue weighted by molar-refractivity contribution is 5.89. The second kappa shape index (κ2) is 9.88. The van der Waals surface area contributed by atoms with Gasteiger partial charge in [-0.3, -0.25) is 4.79 Å². The van der Waals surface area contributed by atoms with Gasteiger partial charge in [-0.1, -0.05) is 6.58 Å². The van der Waals surface area contributed by atoms with Crippen LogP contribution in [0.15, 0.2) is 67.8 Å². The summed E-state index contributed by atoms with van der Waals surface area (Å²) in [4.78, 5) is 38.0. The molecular formula is C31H30N8O2. The van der Waals surface area contributed by atoms with Crippen LogP contribution in [-0.4, -0.2) is 61.4 Å². The maximum absolute atomic E-state index is 12.3. The Morgan fingerprint density at radius 1 is 1.05 bits per heavy atom. The van der Waals surface area contributed by atoms with E-state index in [4.69, 9.17) is 9.72 Å². The highest BCUT2D eigenvalue weighted by atomic mass is 16.5. The van der Waals surface area contributed by atoms with Gasteiger partial charge in [0.2, 0.25) is 5.91 Å². The van der Waals surface area contributed by atoms with Crippen molar-refractivity contribution in [2.24, 2.45) is 5.92 Å². The van der Waals surface area contributed by atoms with Crippen LogP contribution in [-0.2, 0) is 4.79 Å². The second-order valence-corrected chi connectivity index (χ2v) is 10.9. The van der Waals surface area contributed by atoms with Crippen LogP contribution in [0.25, 0.3) is 22.1 Å². The summed E-state index contributed by atoms with van der Waals surface area (Å²) in [5.74, 6) is 3.44. The van der Waals surface area contributed by atoms with Crippen LogP contribution in [0, 0.1) is 19.8 Å². The SMILES string of the molecule is C=CC(=O)N1C[C@@H]2CC1CN(c1ccc3ncnc(Nc4cc(C)c(Oc5ccc6[nH]cnc6c5)cc4C)c3n1)C2. The third kappa shape index (κ3) is 4.61. The first-order valence-corrected chi connectivity index (χ1v) is 13.7. The average Bonchev–Trinajstić information content (AvgIpc) is 3.57. The number of aromatic nitrogens is 5. The van der Waals surface area contributed by atoms with Gasteiger partial charge in [0.1, 0.15) is 29.2 Å². The molecule has 0 aliphatic carbocycles. The van der Waals surface area contributed by atoms with Gasteiger partial charge >= 0.3 is 0 Å². The van der Waals surface area contributed by atoms with Gasteiger partial charge in [-0.25, -0.2) is 19.9 Å². The van der Waals surface area contributed by atoms with Crippen molar-refractivity contribution in [2.45, 2.75) is 26.3 Å². The normalized spacial score (nSPS) is 18.2. The van der Waals surface area contributed by atoms with E-state index in [0.29, 0.717) is 17.3 Å². The van der Waals surface area contributed by atoms with Gasteiger partial charge in [-0.2, -0.15) is 0 Å². The zero-order chi connectivity index (χ0) is 28.1. The van der Waals surface area contributed by atoms with Gasteiger partial charge in [0.05, 0.1) is 22.9 Å². The Bertz CT molecular complexity index is 1820. The molecule has 0 saturated carbocycles. The standard InChI is InChI=1S/C31H30N8O2/c1-4-29(40)39-14-20-11-21(39)15-38(13-20)28-8-7-24-30(37-28)31(35-17-33-24)36-25-9-19(3)27(10-18(25)2)41-22-5-6-23-26(12-22)34-16-32-23/h4-10,12,16-17,20-21H,1,11,13-15H2,2-3H3,(H,32,34)(H,33,35,36)/t20-,21?/m1/s1. The van der Waals surface area contributed by atoms with Crippen molar-refractivity contribution >= 4 is 45.3 Å². The minimum Gasteiger partial charge on any atom is -0.457 e. The fourth-order valence-electron chi connectivity index (χ4n) is 6.00. The van der Waals surface area contributed by atoms with Crippen LogP contribution in [0.3, 0.4) is 0 Å². The summed E-state index contributed by atoms with van der Waals surface area (Å²) in [7, 11) is 0. The number of pyridine rings is 1. The molecule has 2 fully saturated rings. The molecule has 1 unspecified atom stereocenters. The number of hydrogen-bond acceptors (Lipinski definition) is 8. The van der Waals surface area contributed by atoms with Crippen LogP contribution in [0.4, 0.5) is 17.3 Å². The Morgan fingerprint density at radius 3 is 2.83 bits per heavy atom. The van der Waals surface area contributed by atoms with Crippen molar-refractivity contribution in [1.82, 2.24) is 29.8 Å². The summed E-state index contributed by atoms with van der Waals surface area (Å²) in [6.45, 7) is 10.1. The van der Waals surface area contributed by atoms with E-state index in [9.17, 15) is 4.79 Å². The minimum absolute atomic E-state index is 0.00604. The monoisotopic (exact) mass is 546 g/mol. The predicted molar refractivity (Wildman–Crippen MR) is 159 cm³/mol. The number of aryl methyl sites for hydroxylation is 2. The number of benzene rings is 2. The van der Waals surface area contributed by atoms with E-state index in [0.717, 1.165) is 76.7 Å². The molecule has 0 spiro atoms. The Hall–Kier alpha value is -4.99. The number of nitrogens with one attached hydrogen (secondary N) is 2. The van der Waals surface area contributed by atoms with Gasteiger partial charge in [-0.05, 0) is 79.8 Å². The topological polar surface area (TPSA) is 112 Å². The number of hydrogen-bond donors (Lipinski definition) is 2. The number of carbonyl (C=O) groups excluding carboxylic acids is 1.